The lowest BCUT2D eigenvalue weighted by Crippen LogP contribution is -2.30. The minimum absolute atomic E-state index is 0.626. The molecule has 0 aliphatic heterocycles. The van der Waals surface area contributed by atoms with Gasteiger partial charge in [-0.05, 0) is 80.5 Å². The molecule has 7 nitrogen and oxygen atoms in total. The van der Waals surface area contributed by atoms with E-state index in [0.29, 0.717) is 11.8 Å². The average molecular weight is 567 g/mol. The average Bonchev–Trinajstić information content (AvgIpc) is 3.03. The first-order valence-corrected chi connectivity index (χ1v) is 16.0. The smallest absolute Gasteiger partial charge is 0.225 e. The highest BCUT2D eigenvalue weighted by Gasteiger charge is 2.22. The van der Waals surface area contributed by atoms with Gasteiger partial charge >= 0.3 is 0 Å². The first kappa shape index (κ1) is 28.5. The third-order valence-corrected chi connectivity index (χ3v) is 9.30. The van der Waals surface area contributed by atoms with Crippen molar-refractivity contribution in [2.75, 3.05) is 49.3 Å². The van der Waals surface area contributed by atoms with E-state index in [1.54, 1.807) is 0 Å². The fourth-order valence-corrected chi connectivity index (χ4v) is 6.78. The molecule has 3 aromatic carbocycles. The summed E-state index contributed by atoms with van der Waals surface area (Å²) in [5.74, 6) is 4.61. The Morgan fingerprint density at radius 3 is 2.14 bits per heavy atom. The monoisotopic (exact) mass is 566 g/mol. The number of nitrogens with zero attached hydrogens (tertiary/aromatic N) is 3. The van der Waals surface area contributed by atoms with E-state index in [-0.39, 0.29) is 0 Å². The van der Waals surface area contributed by atoms with Gasteiger partial charge in [-0.25, -0.2) is 4.98 Å². The zero-order valence-corrected chi connectivity index (χ0v) is 25.2. The van der Waals surface area contributed by atoms with E-state index in [9.17, 15) is 0 Å². The standard InChI is InChI=1S/C35H46N6O/c1-41(2)32-16-8-14-29-28(32)13-9-17-33(29)42-38-24-27-20-18-26(19-21-27)23-37-35-39-31-15-7-6-12-30(31)34(40-35)36-22-25-10-4-3-5-11-25/h6-9,12-17,25-27,38H,3-5,10-11,18-24H2,1-2H3,(H2,36,37,39,40). The van der Waals surface area contributed by atoms with Gasteiger partial charge in [-0.15, -0.1) is 0 Å². The summed E-state index contributed by atoms with van der Waals surface area (Å²) >= 11 is 0. The Morgan fingerprint density at radius 2 is 1.33 bits per heavy atom. The summed E-state index contributed by atoms with van der Waals surface area (Å²) in [5, 5.41) is 10.7. The van der Waals surface area contributed by atoms with Crippen LogP contribution in [0.3, 0.4) is 0 Å². The number of rotatable bonds is 11. The predicted molar refractivity (Wildman–Crippen MR) is 175 cm³/mol. The molecule has 4 aromatic rings. The third kappa shape index (κ3) is 6.89. The van der Waals surface area contributed by atoms with Crippen molar-refractivity contribution in [1.82, 2.24) is 15.4 Å². The van der Waals surface area contributed by atoms with E-state index in [0.717, 1.165) is 59.4 Å². The second-order valence-electron chi connectivity index (χ2n) is 12.5. The maximum atomic E-state index is 6.09. The molecule has 1 aromatic heterocycles. The summed E-state index contributed by atoms with van der Waals surface area (Å²) < 4.78 is 0. The van der Waals surface area contributed by atoms with Crippen LogP contribution in [-0.2, 0) is 0 Å². The van der Waals surface area contributed by atoms with Crippen molar-refractivity contribution in [3.05, 3.63) is 60.7 Å². The van der Waals surface area contributed by atoms with Gasteiger partial charge in [0.25, 0.3) is 0 Å². The molecule has 2 saturated carbocycles. The van der Waals surface area contributed by atoms with Gasteiger partial charge in [0.2, 0.25) is 5.95 Å². The van der Waals surface area contributed by atoms with E-state index in [1.807, 2.05) is 6.07 Å². The summed E-state index contributed by atoms with van der Waals surface area (Å²) in [6, 6.07) is 21.0. The van der Waals surface area contributed by atoms with Crippen LogP contribution >= 0.6 is 0 Å². The molecule has 0 spiro atoms. The van der Waals surface area contributed by atoms with Gasteiger partial charge < -0.3 is 20.4 Å². The molecule has 0 saturated heterocycles. The van der Waals surface area contributed by atoms with Crippen molar-refractivity contribution >= 4 is 39.1 Å². The molecule has 0 amide bonds. The number of hydrogen-bond donors (Lipinski definition) is 3. The van der Waals surface area contributed by atoms with Crippen molar-refractivity contribution < 1.29 is 4.84 Å². The topological polar surface area (TPSA) is 74.3 Å². The maximum Gasteiger partial charge on any atom is 0.225 e. The number of hydrogen-bond acceptors (Lipinski definition) is 7. The number of nitrogens with one attached hydrogen (secondary N) is 3. The molecule has 0 atom stereocenters. The molecular formula is C35H46N6O. The Balaban J connectivity index is 0.985. The zero-order chi connectivity index (χ0) is 28.7. The van der Waals surface area contributed by atoms with Gasteiger partial charge in [0.1, 0.15) is 5.82 Å². The Kier molecular flexibility index (Phi) is 9.24. The van der Waals surface area contributed by atoms with Gasteiger partial charge in [0.15, 0.2) is 5.75 Å². The molecule has 1 heterocycles. The Morgan fingerprint density at radius 1 is 0.667 bits per heavy atom. The third-order valence-electron chi connectivity index (χ3n) is 9.30. The van der Waals surface area contributed by atoms with Gasteiger partial charge in [-0.2, -0.15) is 10.5 Å². The molecule has 222 valence electrons. The fraction of sp³-hybridized carbons (Fsp3) is 0.486. The zero-order valence-electron chi connectivity index (χ0n) is 25.2. The maximum absolute atomic E-state index is 6.09. The number of fused-ring (bicyclic) bond motifs is 2. The molecule has 3 N–H and O–H groups in total. The molecule has 0 bridgehead atoms. The summed E-state index contributed by atoms with van der Waals surface area (Å²) in [6.45, 7) is 2.79. The quantitative estimate of drug-likeness (QED) is 0.161. The molecule has 2 aliphatic rings. The minimum Gasteiger partial charge on any atom is -0.408 e. The van der Waals surface area contributed by atoms with Crippen LogP contribution in [0.15, 0.2) is 60.7 Å². The van der Waals surface area contributed by atoms with Crippen LogP contribution in [0.25, 0.3) is 21.7 Å². The number of aromatic nitrogens is 2. The van der Waals surface area contributed by atoms with Gasteiger partial charge in [0, 0.05) is 55.6 Å². The Hall–Kier alpha value is -3.58. The number of anilines is 3. The van der Waals surface area contributed by atoms with Crippen LogP contribution in [0.2, 0.25) is 0 Å². The Labute approximate surface area is 250 Å². The van der Waals surface area contributed by atoms with Crippen LogP contribution in [0.5, 0.6) is 5.75 Å². The molecule has 7 heteroatoms. The molecule has 0 unspecified atom stereocenters. The lowest BCUT2D eigenvalue weighted by Gasteiger charge is -2.28. The van der Waals surface area contributed by atoms with Crippen LogP contribution in [0.1, 0.15) is 57.8 Å². The van der Waals surface area contributed by atoms with E-state index < -0.39 is 0 Å². The molecule has 0 radical (unpaired) electrons. The van der Waals surface area contributed by atoms with E-state index in [2.05, 4.69) is 89.7 Å². The predicted octanol–water partition coefficient (Wildman–Crippen LogP) is 7.64. The largest absolute Gasteiger partial charge is 0.408 e. The highest BCUT2D eigenvalue weighted by molar-refractivity contribution is 5.97. The molecule has 2 fully saturated rings. The van der Waals surface area contributed by atoms with Crippen molar-refractivity contribution in [2.45, 2.75) is 57.8 Å². The van der Waals surface area contributed by atoms with E-state index in [4.69, 9.17) is 14.8 Å². The van der Waals surface area contributed by atoms with Crippen molar-refractivity contribution in [3.63, 3.8) is 0 Å². The lowest BCUT2D eigenvalue weighted by atomic mass is 9.82. The molecular weight excluding hydrogens is 520 g/mol. The van der Waals surface area contributed by atoms with Crippen LogP contribution in [-0.4, -0.2) is 43.7 Å². The van der Waals surface area contributed by atoms with Crippen LogP contribution < -0.4 is 25.9 Å². The molecule has 6 rings (SSSR count). The number of benzene rings is 3. The fourth-order valence-electron chi connectivity index (χ4n) is 6.78. The Bertz CT molecular complexity index is 1460. The lowest BCUT2D eigenvalue weighted by molar-refractivity contribution is 0.157. The summed E-state index contributed by atoms with van der Waals surface area (Å²) in [5.41, 5.74) is 5.49. The SMILES string of the molecule is CN(C)c1cccc2c(ONCC3CCC(CNc4nc(NCC5CCCCC5)c5ccccc5n4)CC3)cccc12. The van der Waals surface area contributed by atoms with Crippen molar-refractivity contribution in [1.29, 1.82) is 0 Å². The first-order chi connectivity index (χ1) is 20.6. The highest BCUT2D eigenvalue weighted by Crippen LogP contribution is 2.33. The van der Waals surface area contributed by atoms with Crippen LogP contribution in [0.4, 0.5) is 17.5 Å². The van der Waals surface area contributed by atoms with Gasteiger partial charge in [-0.3, -0.25) is 0 Å². The normalized spacial score (nSPS) is 19.6. The van der Waals surface area contributed by atoms with Gasteiger partial charge in [0.05, 0.1) is 5.52 Å². The van der Waals surface area contributed by atoms with Crippen molar-refractivity contribution in [2.24, 2.45) is 17.8 Å². The minimum atomic E-state index is 0.626. The number of hydroxylamine groups is 1. The van der Waals surface area contributed by atoms with Gasteiger partial charge in [-0.1, -0.05) is 55.7 Å². The summed E-state index contributed by atoms with van der Waals surface area (Å²) in [6.07, 6.45) is 11.6. The van der Waals surface area contributed by atoms with Crippen LogP contribution in [0, 0.1) is 17.8 Å². The summed E-state index contributed by atoms with van der Waals surface area (Å²) in [4.78, 5) is 18.0. The molecule has 42 heavy (non-hydrogen) atoms. The highest BCUT2D eigenvalue weighted by atomic mass is 16.6. The van der Waals surface area contributed by atoms with Crippen molar-refractivity contribution in [3.8, 4) is 5.75 Å². The molecule has 2 aliphatic carbocycles. The first-order valence-electron chi connectivity index (χ1n) is 16.0. The number of para-hydroxylation sites is 1. The van der Waals surface area contributed by atoms with E-state index in [1.165, 1.54) is 68.9 Å². The second kappa shape index (κ2) is 13.6. The summed E-state index contributed by atoms with van der Waals surface area (Å²) in [7, 11) is 4.16. The van der Waals surface area contributed by atoms with E-state index >= 15 is 0 Å². The second-order valence-corrected chi connectivity index (χ2v) is 12.5.